The maximum atomic E-state index is 11.5. The Morgan fingerprint density at radius 2 is 1.73 bits per heavy atom. The van der Waals surface area contributed by atoms with Gasteiger partial charge in [0.25, 0.3) is 0 Å². The monoisotopic (exact) mass is 307 g/mol. The van der Waals surface area contributed by atoms with E-state index in [1.54, 1.807) is 26.2 Å². The molecule has 7 nitrogen and oxygen atoms in total. The maximum absolute atomic E-state index is 11.5. The highest BCUT2D eigenvalue weighted by Gasteiger charge is 2.06. The van der Waals surface area contributed by atoms with Crippen molar-refractivity contribution in [1.82, 2.24) is 10.2 Å². The van der Waals surface area contributed by atoms with Gasteiger partial charge in [-0.3, -0.25) is 9.59 Å². The Kier molecular flexibility index (Phi) is 6.88. The van der Waals surface area contributed by atoms with Crippen LogP contribution < -0.4 is 10.6 Å². The minimum atomic E-state index is -0.995. The number of rotatable bonds is 7. The van der Waals surface area contributed by atoms with Crippen LogP contribution in [0.4, 0.5) is 10.5 Å². The van der Waals surface area contributed by atoms with E-state index in [1.807, 2.05) is 12.1 Å². The first-order valence-corrected chi connectivity index (χ1v) is 6.94. The van der Waals surface area contributed by atoms with Crippen LogP contribution in [-0.4, -0.2) is 48.6 Å². The normalized spacial score (nSPS) is 9.91. The zero-order valence-electron chi connectivity index (χ0n) is 12.8. The summed E-state index contributed by atoms with van der Waals surface area (Å²) in [5.74, 6) is -1.32. The summed E-state index contributed by atoms with van der Waals surface area (Å²) < 4.78 is 0. The molecule has 3 amide bonds. The van der Waals surface area contributed by atoms with Crippen molar-refractivity contribution in [3.05, 3.63) is 29.8 Å². The Morgan fingerprint density at radius 3 is 2.27 bits per heavy atom. The van der Waals surface area contributed by atoms with Crippen LogP contribution >= 0.6 is 0 Å². The molecule has 0 aliphatic rings. The van der Waals surface area contributed by atoms with Gasteiger partial charge in [-0.2, -0.15) is 0 Å². The molecular weight excluding hydrogens is 286 g/mol. The molecular formula is C15H21N3O4. The van der Waals surface area contributed by atoms with Crippen molar-refractivity contribution in [1.29, 1.82) is 0 Å². The zero-order chi connectivity index (χ0) is 16.5. The van der Waals surface area contributed by atoms with Gasteiger partial charge in [0, 0.05) is 32.7 Å². The summed E-state index contributed by atoms with van der Waals surface area (Å²) in [6, 6.07) is 7.08. The predicted molar refractivity (Wildman–Crippen MR) is 82.7 cm³/mol. The topological polar surface area (TPSA) is 98.7 Å². The Bertz CT molecular complexity index is 526. The summed E-state index contributed by atoms with van der Waals surface area (Å²) in [6.45, 7) is 0.529. The molecule has 0 heterocycles. The first kappa shape index (κ1) is 17.5. The third-order valence-corrected chi connectivity index (χ3v) is 2.90. The summed E-state index contributed by atoms with van der Waals surface area (Å²) in [4.78, 5) is 34.7. The van der Waals surface area contributed by atoms with Crippen molar-refractivity contribution in [2.24, 2.45) is 0 Å². The second-order valence-electron chi connectivity index (χ2n) is 5.02. The van der Waals surface area contributed by atoms with Gasteiger partial charge in [0.05, 0.1) is 6.42 Å². The van der Waals surface area contributed by atoms with E-state index in [1.165, 1.54) is 4.90 Å². The van der Waals surface area contributed by atoms with E-state index < -0.39 is 5.97 Å². The zero-order valence-corrected chi connectivity index (χ0v) is 12.8. The minimum absolute atomic E-state index is 0.0480. The average molecular weight is 307 g/mol. The maximum Gasteiger partial charge on any atom is 0.316 e. The number of nitrogens with zero attached hydrogens (tertiary/aromatic N) is 1. The van der Waals surface area contributed by atoms with Crippen LogP contribution in [0.15, 0.2) is 24.3 Å². The van der Waals surface area contributed by atoms with Crippen molar-refractivity contribution in [3.8, 4) is 0 Å². The molecule has 0 aromatic heterocycles. The molecule has 0 bridgehead atoms. The molecule has 0 spiro atoms. The molecule has 1 aromatic carbocycles. The van der Waals surface area contributed by atoms with Crippen molar-refractivity contribution < 1.29 is 19.5 Å². The van der Waals surface area contributed by atoms with Crippen LogP contribution in [0.3, 0.4) is 0 Å². The van der Waals surface area contributed by atoms with E-state index in [4.69, 9.17) is 5.11 Å². The number of aliphatic carboxylic acids is 1. The Hall–Kier alpha value is -2.57. The van der Waals surface area contributed by atoms with Crippen LogP contribution in [0.5, 0.6) is 0 Å². The first-order valence-electron chi connectivity index (χ1n) is 6.94. The van der Waals surface area contributed by atoms with Crippen molar-refractivity contribution in [3.63, 3.8) is 0 Å². The van der Waals surface area contributed by atoms with Crippen molar-refractivity contribution >= 4 is 23.6 Å². The highest BCUT2D eigenvalue weighted by molar-refractivity contribution is 5.92. The highest BCUT2D eigenvalue weighted by Crippen LogP contribution is 2.10. The molecule has 1 aromatic rings. The smallest absolute Gasteiger partial charge is 0.316 e. The number of carbonyl (C=O) groups excluding carboxylic acids is 2. The lowest BCUT2D eigenvalue weighted by Gasteiger charge is -2.12. The molecule has 7 heteroatoms. The van der Waals surface area contributed by atoms with Gasteiger partial charge in [0.2, 0.25) is 5.91 Å². The summed E-state index contributed by atoms with van der Waals surface area (Å²) in [6.07, 6.45) is 0.454. The second kappa shape index (κ2) is 8.66. The fraction of sp³-hybridized carbons (Fsp3) is 0.400. The lowest BCUT2D eigenvalue weighted by Crippen LogP contribution is -2.35. The van der Waals surface area contributed by atoms with Crippen molar-refractivity contribution in [2.75, 3.05) is 26.0 Å². The summed E-state index contributed by atoms with van der Waals surface area (Å²) in [5.41, 5.74) is 1.65. The van der Waals surface area contributed by atoms with E-state index in [0.29, 0.717) is 18.7 Å². The van der Waals surface area contributed by atoms with Crippen LogP contribution in [0, 0.1) is 0 Å². The van der Waals surface area contributed by atoms with E-state index >= 15 is 0 Å². The Labute approximate surface area is 129 Å². The summed E-state index contributed by atoms with van der Waals surface area (Å²) in [5, 5.41) is 13.9. The number of nitrogens with one attached hydrogen (secondary N) is 2. The van der Waals surface area contributed by atoms with E-state index in [9.17, 15) is 14.4 Å². The third kappa shape index (κ3) is 6.74. The molecule has 0 unspecified atom stereocenters. The number of amides is 3. The summed E-state index contributed by atoms with van der Waals surface area (Å²) >= 11 is 0. The van der Waals surface area contributed by atoms with Gasteiger partial charge in [0.1, 0.15) is 0 Å². The Balaban J connectivity index is 2.38. The quantitative estimate of drug-likeness (QED) is 0.707. The molecule has 0 atom stereocenters. The number of carboxylic acids is 1. The van der Waals surface area contributed by atoms with E-state index in [2.05, 4.69) is 10.6 Å². The number of hydrogen-bond donors (Lipinski definition) is 3. The number of carboxylic acid groups (broad SMARTS) is 1. The van der Waals surface area contributed by atoms with Crippen LogP contribution in [0.25, 0.3) is 0 Å². The van der Waals surface area contributed by atoms with Gasteiger partial charge in [-0.1, -0.05) is 12.1 Å². The number of benzene rings is 1. The van der Waals surface area contributed by atoms with Crippen LogP contribution in [0.2, 0.25) is 0 Å². The largest absolute Gasteiger partial charge is 0.481 e. The lowest BCUT2D eigenvalue weighted by atomic mass is 10.1. The molecule has 0 fully saturated rings. The molecule has 22 heavy (non-hydrogen) atoms. The van der Waals surface area contributed by atoms with Gasteiger partial charge in [0.15, 0.2) is 0 Å². The van der Waals surface area contributed by atoms with E-state index in [0.717, 1.165) is 5.56 Å². The molecule has 0 aliphatic carbocycles. The van der Waals surface area contributed by atoms with Gasteiger partial charge in [-0.25, -0.2) is 4.79 Å². The molecule has 3 N–H and O–H groups in total. The average Bonchev–Trinajstić information content (AvgIpc) is 2.46. The number of urea groups is 1. The van der Waals surface area contributed by atoms with Crippen LogP contribution in [0.1, 0.15) is 18.4 Å². The summed E-state index contributed by atoms with van der Waals surface area (Å²) in [7, 11) is 3.36. The Morgan fingerprint density at radius 1 is 1.09 bits per heavy atom. The lowest BCUT2D eigenvalue weighted by molar-refractivity contribution is -0.138. The fourth-order valence-electron chi connectivity index (χ4n) is 1.67. The van der Waals surface area contributed by atoms with Crippen LogP contribution in [-0.2, 0) is 16.0 Å². The van der Waals surface area contributed by atoms with Gasteiger partial charge in [-0.05, 0) is 24.1 Å². The standard InChI is InChI=1S/C15H21N3O4/c1-18(2)15(22)16-10-9-11-3-5-12(6-4-11)17-13(19)7-8-14(20)21/h3-6H,7-10H2,1-2H3,(H,16,22)(H,17,19)(H,20,21). The number of carbonyl (C=O) groups is 3. The number of anilines is 1. The molecule has 1 rings (SSSR count). The van der Waals surface area contributed by atoms with E-state index in [-0.39, 0.29) is 24.8 Å². The molecule has 0 saturated heterocycles. The molecule has 0 saturated carbocycles. The minimum Gasteiger partial charge on any atom is -0.481 e. The first-order chi connectivity index (χ1) is 10.4. The fourth-order valence-corrected chi connectivity index (χ4v) is 1.67. The molecule has 120 valence electrons. The molecule has 0 aliphatic heterocycles. The number of hydrogen-bond acceptors (Lipinski definition) is 3. The SMILES string of the molecule is CN(C)C(=O)NCCc1ccc(NC(=O)CCC(=O)O)cc1. The molecule has 0 radical (unpaired) electrons. The van der Waals surface area contributed by atoms with Gasteiger partial charge < -0.3 is 20.6 Å². The predicted octanol–water partition coefficient (Wildman–Crippen LogP) is 1.30. The third-order valence-electron chi connectivity index (χ3n) is 2.90. The van der Waals surface area contributed by atoms with Gasteiger partial charge >= 0.3 is 12.0 Å². The highest BCUT2D eigenvalue weighted by atomic mass is 16.4. The van der Waals surface area contributed by atoms with Gasteiger partial charge in [-0.15, -0.1) is 0 Å². The van der Waals surface area contributed by atoms with Crippen molar-refractivity contribution in [2.45, 2.75) is 19.3 Å². The second-order valence-corrected chi connectivity index (χ2v) is 5.02.